The monoisotopic (exact) mass is 156 g/mol. The van der Waals surface area contributed by atoms with Crippen LogP contribution in [0.1, 0.15) is 33.1 Å². The Morgan fingerprint density at radius 2 is 1.55 bits per heavy atom. The lowest BCUT2D eigenvalue weighted by atomic mass is 9.74. The molecule has 0 N–H and O–H groups in total. The summed E-state index contributed by atoms with van der Waals surface area (Å²) in [4.78, 5) is 0. The van der Waals surface area contributed by atoms with Crippen molar-refractivity contribution >= 4 is 7.12 Å². The molecule has 1 saturated heterocycles. The van der Waals surface area contributed by atoms with Crippen molar-refractivity contribution in [3.63, 3.8) is 0 Å². The Bertz CT molecular complexity index is 98.3. The van der Waals surface area contributed by atoms with Gasteiger partial charge in [-0.1, -0.05) is 13.8 Å². The average molecular weight is 156 g/mol. The van der Waals surface area contributed by atoms with Gasteiger partial charge in [0, 0.05) is 13.2 Å². The average Bonchev–Trinajstić information content (AvgIpc) is 1.84. The summed E-state index contributed by atoms with van der Waals surface area (Å²) in [6.07, 6.45) is 3.62. The molecule has 11 heavy (non-hydrogen) atoms. The standard InChI is InChI=1S/C8H17BO2/c1-8(2)9-10-6-4-3-5-7-11-9/h8H,3-7H2,1-2H3. The van der Waals surface area contributed by atoms with Gasteiger partial charge in [-0.2, -0.15) is 0 Å². The summed E-state index contributed by atoms with van der Waals surface area (Å²) in [5.74, 6) is 0.480. The van der Waals surface area contributed by atoms with E-state index in [4.69, 9.17) is 9.31 Å². The molecule has 2 nitrogen and oxygen atoms in total. The fourth-order valence-electron chi connectivity index (χ4n) is 1.21. The third-order valence-corrected chi connectivity index (χ3v) is 1.90. The summed E-state index contributed by atoms with van der Waals surface area (Å²) in [5.41, 5.74) is 0. The molecule has 0 unspecified atom stereocenters. The number of hydrogen-bond donors (Lipinski definition) is 0. The van der Waals surface area contributed by atoms with Crippen LogP contribution in [-0.4, -0.2) is 20.3 Å². The molecular weight excluding hydrogens is 139 g/mol. The first kappa shape index (κ1) is 9.08. The third-order valence-electron chi connectivity index (χ3n) is 1.90. The molecule has 0 aromatic carbocycles. The van der Waals surface area contributed by atoms with Crippen molar-refractivity contribution in [3.05, 3.63) is 0 Å². The Kier molecular flexibility index (Phi) is 3.94. The van der Waals surface area contributed by atoms with Crippen molar-refractivity contribution < 1.29 is 9.31 Å². The quantitative estimate of drug-likeness (QED) is 0.541. The molecule has 0 aromatic rings. The second-order valence-corrected chi connectivity index (χ2v) is 3.41. The van der Waals surface area contributed by atoms with Gasteiger partial charge in [0.2, 0.25) is 0 Å². The van der Waals surface area contributed by atoms with Gasteiger partial charge >= 0.3 is 7.12 Å². The Morgan fingerprint density at radius 3 is 2.00 bits per heavy atom. The summed E-state index contributed by atoms with van der Waals surface area (Å²) >= 11 is 0. The zero-order valence-corrected chi connectivity index (χ0v) is 7.51. The molecule has 0 radical (unpaired) electrons. The van der Waals surface area contributed by atoms with Gasteiger partial charge in [0.15, 0.2) is 0 Å². The fraction of sp³-hybridized carbons (Fsp3) is 1.00. The highest BCUT2D eigenvalue weighted by molar-refractivity contribution is 6.46. The second-order valence-electron chi connectivity index (χ2n) is 3.41. The molecule has 1 rings (SSSR count). The highest BCUT2D eigenvalue weighted by Crippen LogP contribution is 2.13. The molecule has 0 amide bonds. The fourth-order valence-corrected chi connectivity index (χ4v) is 1.21. The van der Waals surface area contributed by atoms with Gasteiger partial charge in [-0.05, 0) is 25.1 Å². The smallest absolute Gasteiger partial charge is 0.411 e. The van der Waals surface area contributed by atoms with Crippen LogP contribution in [0.15, 0.2) is 0 Å². The Labute approximate surface area is 69.4 Å². The molecular formula is C8H17BO2. The van der Waals surface area contributed by atoms with Crippen LogP contribution in [0.5, 0.6) is 0 Å². The first-order valence-electron chi connectivity index (χ1n) is 4.54. The van der Waals surface area contributed by atoms with Crippen LogP contribution >= 0.6 is 0 Å². The predicted octanol–water partition coefficient (Wildman–Crippen LogP) is 2.10. The van der Waals surface area contributed by atoms with Crippen molar-refractivity contribution in [1.29, 1.82) is 0 Å². The van der Waals surface area contributed by atoms with E-state index in [-0.39, 0.29) is 7.12 Å². The molecule has 1 heterocycles. The molecule has 0 aliphatic carbocycles. The van der Waals surface area contributed by atoms with Gasteiger partial charge in [0.1, 0.15) is 0 Å². The minimum absolute atomic E-state index is 0.0373. The van der Waals surface area contributed by atoms with Crippen LogP contribution in [-0.2, 0) is 9.31 Å². The normalized spacial score (nSPS) is 21.5. The molecule has 64 valence electrons. The molecule has 1 fully saturated rings. The summed E-state index contributed by atoms with van der Waals surface area (Å²) in [6, 6.07) is 0. The van der Waals surface area contributed by atoms with Gasteiger partial charge in [0.05, 0.1) is 0 Å². The number of hydrogen-bond acceptors (Lipinski definition) is 2. The van der Waals surface area contributed by atoms with E-state index in [0.717, 1.165) is 13.2 Å². The van der Waals surface area contributed by atoms with Crippen molar-refractivity contribution in [1.82, 2.24) is 0 Å². The van der Waals surface area contributed by atoms with Crippen molar-refractivity contribution in [2.45, 2.75) is 38.9 Å². The molecule has 0 spiro atoms. The van der Waals surface area contributed by atoms with E-state index in [1.165, 1.54) is 19.3 Å². The molecule has 0 atom stereocenters. The topological polar surface area (TPSA) is 18.5 Å². The van der Waals surface area contributed by atoms with Crippen molar-refractivity contribution in [2.24, 2.45) is 0 Å². The van der Waals surface area contributed by atoms with Crippen LogP contribution < -0.4 is 0 Å². The SMILES string of the molecule is CC(C)B1OCCCCCO1. The Balaban J connectivity index is 2.26. The Hall–Kier alpha value is -0.0151. The largest absolute Gasteiger partial charge is 0.459 e. The van der Waals surface area contributed by atoms with Crippen LogP contribution in [0.4, 0.5) is 0 Å². The summed E-state index contributed by atoms with van der Waals surface area (Å²) in [6.45, 7) is 5.99. The highest BCUT2D eigenvalue weighted by Gasteiger charge is 2.23. The number of rotatable bonds is 1. The van der Waals surface area contributed by atoms with E-state index in [2.05, 4.69) is 13.8 Å². The zero-order chi connectivity index (χ0) is 8.10. The van der Waals surface area contributed by atoms with Gasteiger partial charge in [0.25, 0.3) is 0 Å². The van der Waals surface area contributed by atoms with Gasteiger partial charge < -0.3 is 9.31 Å². The van der Waals surface area contributed by atoms with E-state index < -0.39 is 0 Å². The summed E-state index contributed by atoms with van der Waals surface area (Å²) < 4.78 is 11.0. The zero-order valence-electron chi connectivity index (χ0n) is 7.51. The van der Waals surface area contributed by atoms with E-state index in [9.17, 15) is 0 Å². The molecule has 1 aliphatic rings. The molecule has 0 saturated carbocycles. The van der Waals surface area contributed by atoms with Gasteiger partial charge in [-0.3, -0.25) is 0 Å². The first-order chi connectivity index (χ1) is 5.30. The van der Waals surface area contributed by atoms with Crippen LogP contribution in [0.3, 0.4) is 0 Å². The first-order valence-corrected chi connectivity index (χ1v) is 4.54. The lowest BCUT2D eigenvalue weighted by molar-refractivity contribution is 0.164. The second kappa shape index (κ2) is 4.78. The lowest BCUT2D eigenvalue weighted by Gasteiger charge is -2.20. The summed E-state index contributed by atoms with van der Waals surface area (Å²) in [7, 11) is 0.0373. The molecule has 0 aromatic heterocycles. The van der Waals surface area contributed by atoms with Gasteiger partial charge in [-0.15, -0.1) is 0 Å². The van der Waals surface area contributed by atoms with Gasteiger partial charge in [-0.25, -0.2) is 0 Å². The lowest BCUT2D eigenvalue weighted by Crippen LogP contribution is -2.28. The van der Waals surface area contributed by atoms with E-state index in [0.29, 0.717) is 5.82 Å². The van der Waals surface area contributed by atoms with Crippen LogP contribution in [0, 0.1) is 0 Å². The maximum absolute atomic E-state index is 5.52. The maximum Gasteiger partial charge on any atom is 0.459 e. The molecule has 3 heteroatoms. The van der Waals surface area contributed by atoms with Crippen molar-refractivity contribution in [3.8, 4) is 0 Å². The molecule has 1 aliphatic heterocycles. The van der Waals surface area contributed by atoms with Crippen LogP contribution in [0.25, 0.3) is 0 Å². The third kappa shape index (κ3) is 3.26. The van der Waals surface area contributed by atoms with E-state index >= 15 is 0 Å². The van der Waals surface area contributed by atoms with Crippen LogP contribution in [0.2, 0.25) is 5.82 Å². The minimum atomic E-state index is 0.0373. The van der Waals surface area contributed by atoms with E-state index in [1.807, 2.05) is 0 Å². The van der Waals surface area contributed by atoms with E-state index in [1.54, 1.807) is 0 Å². The highest BCUT2D eigenvalue weighted by atomic mass is 16.6. The molecule has 0 bridgehead atoms. The minimum Gasteiger partial charge on any atom is -0.411 e. The predicted molar refractivity (Wildman–Crippen MR) is 46.6 cm³/mol. The van der Waals surface area contributed by atoms with Crippen molar-refractivity contribution in [2.75, 3.05) is 13.2 Å². The Morgan fingerprint density at radius 1 is 1.00 bits per heavy atom. The maximum atomic E-state index is 5.52. The summed E-state index contributed by atoms with van der Waals surface area (Å²) in [5, 5.41) is 0.